The molecule has 0 aliphatic carbocycles. The smallest absolute Gasteiger partial charge is 0.254 e. The molecule has 0 bridgehead atoms. The van der Waals surface area contributed by atoms with Crippen LogP contribution in [0.5, 0.6) is 0 Å². The molecular formula is C16H23N3O2. The molecule has 1 aliphatic rings. The Morgan fingerprint density at radius 2 is 2.19 bits per heavy atom. The summed E-state index contributed by atoms with van der Waals surface area (Å²) in [5, 5.41) is 5.93. The van der Waals surface area contributed by atoms with Crippen LogP contribution < -0.4 is 10.6 Å². The molecule has 0 aromatic heterocycles. The largest absolute Gasteiger partial charge is 0.334 e. The van der Waals surface area contributed by atoms with Crippen LogP contribution in [0.3, 0.4) is 0 Å². The predicted molar refractivity (Wildman–Crippen MR) is 83.3 cm³/mol. The number of nitrogens with one attached hydrogen (secondary N) is 2. The molecule has 1 aromatic rings. The maximum absolute atomic E-state index is 12.6. The first kappa shape index (κ1) is 15.5. The molecule has 0 saturated carbocycles. The number of hydrogen-bond acceptors (Lipinski definition) is 3. The molecule has 1 heterocycles. The van der Waals surface area contributed by atoms with Crippen LogP contribution in [0.25, 0.3) is 0 Å². The van der Waals surface area contributed by atoms with Gasteiger partial charge in [-0.1, -0.05) is 13.0 Å². The molecule has 0 radical (unpaired) electrons. The quantitative estimate of drug-likeness (QED) is 0.870. The number of rotatable bonds is 5. The van der Waals surface area contributed by atoms with Crippen molar-refractivity contribution in [1.82, 2.24) is 10.2 Å². The van der Waals surface area contributed by atoms with Crippen LogP contribution in [0, 0.1) is 0 Å². The van der Waals surface area contributed by atoms with Crippen molar-refractivity contribution in [3.8, 4) is 0 Å². The number of carbonyl (C=O) groups excluding carboxylic acids is 2. The van der Waals surface area contributed by atoms with Crippen molar-refractivity contribution in [3.63, 3.8) is 0 Å². The summed E-state index contributed by atoms with van der Waals surface area (Å²) in [6.45, 7) is 3.42. The zero-order chi connectivity index (χ0) is 15.2. The van der Waals surface area contributed by atoms with Gasteiger partial charge in [0.15, 0.2) is 0 Å². The Labute approximate surface area is 125 Å². The van der Waals surface area contributed by atoms with Gasteiger partial charge in [0.1, 0.15) is 0 Å². The zero-order valence-corrected chi connectivity index (χ0v) is 12.7. The minimum absolute atomic E-state index is 0.0420. The summed E-state index contributed by atoms with van der Waals surface area (Å²) in [5.41, 5.74) is 1.31. The third-order valence-corrected chi connectivity index (χ3v) is 3.79. The third-order valence-electron chi connectivity index (χ3n) is 3.79. The Morgan fingerprint density at radius 1 is 1.38 bits per heavy atom. The highest BCUT2D eigenvalue weighted by Crippen LogP contribution is 2.21. The Kier molecular flexibility index (Phi) is 5.33. The minimum Gasteiger partial charge on any atom is -0.334 e. The fourth-order valence-corrected chi connectivity index (χ4v) is 2.70. The van der Waals surface area contributed by atoms with E-state index in [1.807, 2.05) is 18.0 Å². The van der Waals surface area contributed by atoms with E-state index < -0.39 is 0 Å². The summed E-state index contributed by atoms with van der Waals surface area (Å²) in [5.74, 6) is -0.00539. The normalized spacial score (nSPS) is 17.8. The summed E-state index contributed by atoms with van der Waals surface area (Å²) in [6, 6.07) is 7.43. The molecule has 1 atom stereocenters. The molecule has 2 amide bonds. The lowest BCUT2D eigenvalue weighted by Crippen LogP contribution is -2.40. The van der Waals surface area contributed by atoms with Gasteiger partial charge in [-0.15, -0.1) is 0 Å². The van der Waals surface area contributed by atoms with E-state index in [-0.39, 0.29) is 17.9 Å². The molecule has 1 unspecified atom stereocenters. The number of amides is 2. The van der Waals surface area contributed by atoms with Crippen molar-refractivity contribution < 1.29 is 9.59 Å². The van der Waals surface area contributed by atoms with Crippen molar-refractivity contribution in [3.05, 3.63) is 29.8 Å². The summed E-state index contributed by atoms with van der Waals surface area (Å²) in [6.07, 6.45) is 2.51. The number of likely N-dealkylation sites (tertiary alicyclic amines) is 1. The highest BCUT2D eigenvalue weighted by molar-refractivity contribution is 5.97. The second-order valence-corrected chi connectivity index (χ2v) is 5.33. The number of benzene rings is 1. The van der Waals surface area contributed by atoms with E-state index in [1.165, 1.54) is 0 Å². The van der Waals surface area contributed by atoms with E-state index in [9.17, 15) is 9.59 Å². The number of nitrogens with zero attached hydrogens (tertiary/aromatic N) is 1. The monoisotopic (exact) mass is 289 g/mol. The van der Waals surface area contributed by atoms with Crippen LogP contribution in [-0.4, -0.2) is 42.9 Å². The topological polar surface area (TPSA) is 61.4 Å². The molecule has 1 aliphatic heterocycles. The first-order chi connectivity index (χ1) is 10.2. The molecule has 1 fully saturated rings. The highest BCUT2D eigenvalue weighted by Gasteiger charge is 2.28. The van der Waals surface area contributed by atoms with Crippen molar-refractivity contribution >= 4 is 17.5 Å². The van der Waals surface area contributed by atoms with Gasteiger partial charge < -0.3 is 15.5 Å². The van der Waals surface area contributed by atoms with E-state index in [4.69, 9.17) is 0 Å². The summed E-state index contributed by atoms with van der Waals surface area (Å²) in [7, 11) is 1.90. The number of anilines is 1. The first-order valence-electron chi connectivity index (χ1n) is 7.51. The molecule has 114 valence electrons. The minimum atomic E-state index is -0.0474. The summed E-state index contributed by atoms with van der Waals surface area (Å²) < 4.78 is 0. The maximum Gasteiger partial charge on any atom is 0.254 e. The molecular weight excluding hydrogens is 266 g/mol. The van der Waals surface area contributed by atoms with Gasteiger partial charge in [0.25, 0.3) is 5.91 Å². The van der Waals surface area contributed by atoms with E-state index in [1.54, 1.807) is 25.1 Å². The van der Waals surface area contributed by atoms with Gasteiger partial charge in [-0.3, -0.25) is 9.59 Å². The van der Waals surface area contributed by atoms with Crippen LogP contribution in [0.4, 0.5) is 5.69 Å². The average Bonchev–Trinajstić information content (AvgIpc) is 2.95. The first-order valence-corrected chi connectivity index (χ1v) is 7.51. The van der Waals surface area contributed by atoms with Crippen LogP contribution in [0.2, 0.25) is 0 Å². The molecule has 1 aromatic carbocycles. The van der Waals surface area contributed by atoms with Gasteiger partial charge in [0, 0.05) is 36.8 Å². The van der Waals surface area contributed by atoms with Gasteiger partial charge in [0.2, 0.25) is 5.91 Å². The second kappa shape index (κ2) is 7.22. The Hall–Kier alpha value is -1.88. The Bertz CT molecular complexity index is 516. The lowest BCUT2D eigenvalue weighted by atomic mass is 10.1. The fraction of sp³-hybridized carbons (Fsp3) is 0.500. The summed E-state index contributed by atoms with van der Waals surface area (Å²) in [4.78, 5) is 26.0. The van der Waals surface area contributed by atoms with E-state index in [2.05, 4.69) is 10.6 Å². The number of hydrogen-bond donors (Lipinski definition) is 2. The van der Waals surface area contributed by atoms with E-state index in [0.29, 0.717) is 17.7 Å². The van der Waals surface area contributed by atoms with Gasteiger partial charge in [-0.2, -0.15) is 0 Å². The van der Waals surface area contributed by atoms with Crippen LogP contribution in [0.1, 0.15) is 36.5 Å². The van der Waals surface area contributed by atoms with Crippen LogP contribution >= 0.6 is 0 Å². The molecule has 5 nitrogen and oxygen atoms in total. The van der Waals surface area contributed by atoms with E-state index >= 15 is 0 Å². The van der Waals surface area contributed by atoms with Gasteiger partial charge in [-0.25, -0.2) is 0 Å². The lowest BCUT2D eigenvalue weighted by molar-refractivity contribution is -0.115. The summed E-state index contributed by atoms with van der Waals surface area (Å²) >= 11 is 0. The van der Waals surface area contributed by atoms with Crippen LogP contribution in [-0.2, 0) is 4.79 Å². The van der Waals surface area contributed by atoms with E-state index in [0.717, 1.165) is 25.9 Å². The van der Waals surface area contributed by atoms with Crippen molar-refractivity contribution in [1.29, 1.82) is 0 Å². The van der Waals surface area contributed by atoms with Crippen LogP contribution in [0.15, 0.2) is 24.3 Å². The number of likely N-dealkylation sites (N-methyl/N-ethyl adjacent to an activating group) is 1. The molecule has 1 saturated heterocycles. The maximum atomic E-state index is 12.6. The van der Waals surface area contributed by atoms with Crippen molar-refractivity contribution in [2.24, 2.45) is 0 Å². The SMILES string of the molecule is CCC(=O)Nc1cccc(C(=O)N2CCCC2CNC)c1. The van der Waals surface area contributed by atoms with Gasteiger partial charge >= 0.3 is 0 Å². The molecule has 2 rings (SSSR count). The standard InChI is InChI=1S/C16H23N3O2/c1-3-15(20)18-13-7-4-6-12(10-13)16(21)19-9-5-8-14(19)11-17-2/h4,6-7,10,14,17H,3,5,8-9,11H2,1-2H3,(H,18,20). The van der Waals surface area contributed by atoms with Gasteiger partial charge in [0.05, 0.1) is 0 Å². The highest BCUT2D eigenvalue weighted by atomic mass is 16.2. The fourth-order valence-electron chi connectivity index (χ4n) is 2.70. The molecule has 2 N–H and O–H groups in total. The third kappa shape index (κ3) is 3.82. The lowest BCUT2D eigenvalue weighted by Gasteiger charge is -2.24. The number of carbonyl (C=O) groups is 2. The Balaban J connectivity index is 2.11. The van der Waals surface area contributed by atoms with Gasteiger partial charge in [-0.05, 0) is 38.1 Å². The second-order valence-electron chi connectivity index (χ2n) is 5.33. The zero-order valence-electron chi connectivity index (χ0n) is 12.7. The molecule has 21 heavy (non-hydrogen) atoms. The van der Waals surface area contributed by atoms with Crippen molar-refractivity contribution in [2.45, 2.75) is 32.2 Å². The molecule has 5 heteroatoms. The van der Waals surface area contributed by atoms with Crippen molar-refractivity contribution in [2.75, 3.05) is 25.5 Å². The average molecular weight is 289 g/mol. The Morgan fingerprint density at radius 3 is 2.90 bits per heavy atom. The molecule has 0 spiro atoms. The predicted octanol–water partition coefficient (Wildman–Crippen LogP) is 1.86.